The molecule has 1 aromatic heterocycles. The Balaban J connectivity index is 1.86. The topological polar surface area (TPSA) is 68.9 Å². The van der Waals surface area contributed by atoms with Crippen molar-refractivity contribution in [3.63, 3.8) is 0 Å². The summed E-state index contributed by atoms with van der Waals surface area (Å²) in [6.45, 7) is 0.915. The van der Waals surface area contributed by atoms with Crippen molar-refractivity contribution in [1.29, 1.82) is 5.26 Å². The predicted molar refractivity (Wildman–Crippen MR) is 82.9 cm³/mol. The summed E-state index contributed by atoms with van der Waals surface area (Å²) in [5.74, 6) is 0.713. The zero-order valence-corrected chi connectivity index (χ0v) is 12.0. The van der Waals surface area contributed by atoms with Crippen LogP contribution in [0, 0.1) is 16.7 Å². The van der Waals surface area contributed by atoms with Gasteiger partial charge in [-0.2, -0.15) is 5.26 Å². The van der Waals surface area contributed by atoms with E-state index in [1.54, 1.807) is 6.07 Å². The molecule has 1 saturated carbocycles. The van der Waals surface area contributed by atoms with Gasteiger partial charge in [-0.1, -0.05) is 31.0 Å². The van der Waals surface area contributed by atoms with Crippen LogP contribution in [0.1, 0.15) is 31.2 Å². The van der Waals surface area contributed by atoms with E-state index in [4.69, 9.17) is 0 Å². The van der Waals surface area contributed by atoms with Crippen LogP contribution in [0.2, 0.25) is 0 Å². The average molecular weight is 281 g/mol. The number of nitriles is 1. The number of nitrogens with one attached hydrogen (secondary N) is 1. The van der Waals surface area contributed by atoms with Crippen molar-refractivity contribution in [2.75, 3.05) is 18.5 Å². The van der Waals surface area contributed by atoms with Crippen LogP contribution in [-0.4, -0.2) is 23.2 Å². The van der Waals surface area contributed by atoms with E-state index >= 15 is 0 Å². The average Bonchev–Trinajstić information content (AvgIpc) is 3.01. The number of hydrogen-bond acceptors (Lipinski definition) is 4. The molecule has 21 heavy (non-hydrogen) atoms. The van der Waals surface area contributed by atoms with E-state index in [0.717, 1.165) is 23.7 Å². The number of aliphatic hydroxyl groups excluding tert-OH is 1. The van der Waals surface area contributed by atoms with Crippen molar-refractivity contribution in [2.45, 2.75) is 25.7 Å². The molecule has 0 radical (unpaired) electrons. The van der Waals surface area contributed by atoms with Gasteiger partial charge >= 0.3 is 0 Å². The molecule has 1 aromatic carbocycles. The van der Waals surface area contributed by atoms with E-state index in [-0.39, 0.29) is 12.0 Å². The van der Waals surface area contributed by atoms with E-state index in [1.807, 2.05) is 24.3 Å². The van der Waals surface area contributed by atoms with Gasteiger partial charge < -0.3 is 10.4 Å². The molecular weight excluding hydrogens is 262 g/mol. The number of nitrogens with zero attached hydrogens (tertiary/aromatic N) is 2. The van der Waals surface area contributed by atoms with Crippen molar-refractivity contribution >= 4 is 16.7 Å². The SMILES string of the molecule is N#Cc1cc(NCC2(CO)CCCC2)nc2ccccc12. The third-order valence-electron chi connectivity index (χ3n) is 4.48. The van der Waals surface area contributed by atoms with Gasteiger partial charge in [0, 0.05) is 17.3 Å². The number of benzene rings is 1. The fraction of sp³-hybridized carbons (Fsp3) is 0.412. The van der Waals surface area contributed by atoms with E-state index in [0.29, 0.717) is 17.9 Å². The molecular formula is C17H19N3O. The second-order valence-corrected chi connectivity index (χ2v) is 5.90. The Bertz CT molecular complexity index is 684. The maximum Gasteiger partial charge on any atom is 0.128 e. The number of rotatable bonds is 4. The van der Waals surface area contributed by atoms with Gasteiger partial charge in [0.1, 0.15) is 5.82 Å². The molecule has 3 rings (SSSR count). The number of aliphatic hydroxyl groups is 1. The normalized spacial score (nSPS) is 16.8. The van der Waals surface area contributed by atoms with Gasteiger partial charge in [-0.3, -0.25) is 0 Å². The first-order valence-corrected chi connectivity index (χ1v) is 7.41. The van der Waals surface area contributed by atoms with Gasteiger partial charge in [-0.25, -0.2) is 4.98 Å². The van der Waals surface area contributed by atoms with Gasteiger partial charge in [-0.05, 0) is 25.0 Å². The Morgan fingerprint density at radius 3 is 2.76 bits per heavy atom. The Hall–Kier alpha value is -2.12. The lowest BCUT2D eigenvalue weighted by molar-refractivity contribution is 0.142. The molecule has 1 aliphatic carbocycles. The maximum atomic E-state index is 9.65. The largest absolute Gasteiger partial charge is 0.396 e. The van der Waals surface area contributed by atoms with Crippen LogP contribution in [0.4, 0.5) is 5.82 Å². The molecule has 2 N–H and O–H groups in total. The summed E-state index contributed by atoms with van der Waals surface area (Å²) in [5.41, 5.74) is 1.43. The molecule has 4 nitrogen and oxygen atoms in total. The second-order valence-electron chi connectivity index (χ2n) is 5.90. The Morgan fingerprint density at radius 2 is 2.05 bits per heavy atom. The number of aromatic nitrogens is 1. The molecule has 0 atom stereocenters. The quantitative estimate of drug-likeness (QED) is 0.903. The summed E-state index contributed by atoms with van der Waals surface area (Å²) in [5, 5.41) is 23.1. The summed E-state index contributed by atoms with van der Waals surface area (Å²) >= 11 is 0. The van der Waals surface area contributed by atoms with Crippen LogP contribution >= 0.6 is 0 Å². The summed E-state index contributed by atoms with van der Waals surface area (Å²) in [6.07, 6.45) is 4.46. The minimum absolute atomic E-state index is 0.0276. The lowest BCUT2D eigenvalue weighted by atomic mass is 9.87. The summed E-state index contributed by atoms with van der Waals surface area (Å²) in [7, 11) is 0. The molecule has 1 fully saturated rings. The number of para-hydroxylation sites is 1. The first-order chi connectivity index (χ1) is 10.3. The standard InChI is InChI=1S/C17H19N3O/c18-10-13-9-16(20-15-6-2-1-5-14(13)15)19-11-17(12-21)7-3-4-8-17/h1-2,5-6,9,21H,3-4,7-8,11-12H2,(H,19,20). The van der Waals surface area contributed by atoms with Gasteiger partial charge in [-0.15, -0.1) is 0 Å². The lowest BCUT2D eigenvalue weighted by Gasteiger charge is -2.27. The number of fused-ring (bicyclic) bond motifs is 1. The third-order valence-corrected chi connectivity index (χ3v) is 4.48. The molecule has 0 aliphatic heterocycles. The van der Waals surface area contributed by atoms with Gasteiger partial charge in [0.05, 0.1) is 23.8 Å². The van der Waals surface area contributed by atoms with Gasteiger partial charge in [0.2, 0.25) is 0 Å². The second kappa shape index (κ2) is 5.71. The van der Waals surface area contributed by atoms with Crippen LogP contribution in [0.5, 0.6) is 0 Å². The number of anilines is 1. The predicted octanol–water partition coefficient (Wildman–Crippen LogP) is 3.07. The van der Waals surface area contributed by atoms with Gasteiger partial charge in [0.15, 0.2) is 0 Å². The maximum absolute atomic E-state index is 9.65. The fourth-order valence-electron chi connectivity index (χ4n) is 3.15. The van der Waals surface area contributed by atoms with Crippen LogP contribution in [0.3, 0.4) is 0 Å². The molecule has 2 aromatic rings. The van der Waals surface area contributed by atoms with Crippen molar-refractivity contribution in [3.8, 4) is 6.07 Å². The summed E-state index contributed by atoms with van der Waals surface area (Å²) in [4.78, 5) is 4.57. The lowest BCUT2D eigenvalue weighted by Crippen LogP contribution is -2.30. The summed E-state index contributed by atoms with van der Waals surface area (Å²) in [6, 6.07) is 11.7. The minimum Gasteiger partial charge on any atom is -0.396 e. The molecule has 4 heteroatoms. The van der Waals surface area contributed by atoms with Crippen LogP contribution < -0.4 is 5.32 Å². The highest BCUT2D eigenvalue weighted by Crippen LogP contribution is 2.37. The highest BCUT2D eigenvalue weighted by Gasteiger charge is 2.33. The molecule has 108 valence electrons. The van der Waals surface area contributed by atoms with E-state index in [2.05, 4.69) is 16.4 Å². The number of hydrogen-bond donors (Lipinski definition) is 2. The van der Waals surface area contributed by atoms with E-state index in [9.17, 15) is 10.4 Å². The minimum atomic E-state index is -0.0276. The Morgan fingerprint density at radius 1 is 1.29 bits per heavy atom. The van der Waals surface area contributed by atoms with Crippen molar-refractivity contribution in [3.05, 3.63) is 35.9 Å². The Kier molecular flexibility index (Phi) is 3.76. The third kappa shape index (κ3) is 2.70. The van der Waals surface area contributed by atoms with Crippen LogP contribution in [-0.2, 0) is 0 Å². The molecule has 1 aliphatic rings. The van der Waals surface area contributed by atoms with Crippen LogP contribution in [0.15, 0.2) is 30.3 Å². The molecule has 0 bridgehead atoms. The zero-order chi connectivity index (χ0) is 14.7. The molecule has 0 saturated heterocycles. The summed E-state index contributed by atoms with van der Waals surface area (Å²) < 4.78 is 0. The smallest absolute Gasteiger partial charge is 0.128 e. The van der Waals surface area contributed by atoms with Crippen molar-refractivity contribution < 1.29 is 5.11 Å². The van der Waals surface area contributed by atoms with Gasteiger partial charge in [0.25, 0.3) is 0 Å². The highest BCUT2D eigenvalue weighted by molar-refractivity contribution is 5.86. The van der Waals surface area contributed by atoms with E-state index in [1.165, 1.54) is 12.8 Å². The first-order valence-electron chi connectivity index (χ1n) is 7.41. The molecule has 0 spiro atoms. The highest BCUT2D eigenvalue weighted by atomic mass is 16.3. The molecule has 0 unspecified atom stereocenters. The number of pyridine rings is 1. The van der Waals surface area contributed by atoms with Crippen LogP contribution in [0.25, 0.3) is 10.9 Å². The Labute approximate surface area is 124 Å². The fourth-order valence-corrected chi connectivity index (χ4v) is 3.15. The van der Waals surface area contributed by atoms with Crippen molar-refractivity contribution in [1.82, 2.24) is 4.98 Å². The molecule has 0 amide bonds. The zero-order valence-electron chi connectivity index (χ0n) is 12.0. The first kappa shape index (κ1) is 13.8. The van der Waals surface area contributed by atoms with Crippen molar-refractivity contribution in [2.24, 2.45) is 5.41 Å². The molecule has 1 heterocycles. The monoisotopic (exact) mass is 281 g/mol. The van der Waals surface area contributed by atoms with E-state index < -0.39 is 0 Å².